The van der Waals surface area contributed by atoms with E-state index in [1.54, 1.807) is 0 Å². The standard InChI is InChI=1S/C23H27FN4O3/c1-14-17(23(30)28-9-2-3-19(29)22(28)25-14)8-12-27-10-6-15(7-11-27)21-18-5-4-16(24)13-20(18)31-26-21/h4-5,13,15,19,29H,2-3,6-12H2,1H3/i1D3,4D,5D,6D2,7D2,8D2,10D2,11D2,12D2,13D,15D. The summed E-state index contributed by atoms with van der Waals surface area (Å²) in [5.41, 5.74) is -6.93. The van der Waals surface area contributed by atoms with Crippen molar-refractivity contribution in [2.45, 2.75) is 57.4 Å². The van der Waals surface area contributed by atoms with Gasteiger partial charge in [0.25, 0.3) is 5.56 Å². The average Bonchev–Trinajstić information content (AvgIpc) is 3.42. The van der Waals surface area contributed by atoms with Crippen molar-refractivity contribution >= 4 is 11.0 Å². The number of aliphatic hydroxyl groups excluding tert-OH is 1. The Bertz CT molecular complexity index is 1950. The van der Waals surface area contributed by atoms with Crippen LogP contribution in [0.4, 0.5) is 4.39 Å². The van der Waals surface area contributed by atoms with Gasteiger partial charge in [0.1, 0.15) is 17.7 Å². The maximum atomic E-state index is 14.4. The van der Waals surface area contributed by atoms with Crippen LogP contribution in [-0.2, 0) is 12.9 Å². The molecule has 1 atom stereocenters. The lowest BCUT2D eigenvalue weighted by molar-refractivity contribution is 0.129. The molecule has 1 aromatic carbocycles. The molecule has 2 aromatic heterocycles. The van der Waals surface area contributed by atoms with Crippen LogP contribution in [0.15, 0.2) is 27.4 Å². The smallest absolute Gasteiger partial charge is 0.257 e. The number of hydrogen-bond acceptors (Lipinski definition) is 6. The van der Waals surface area contributed by atoms with Crippen molar-refractivity contribution in [1.29, 1.82) is 0 Å². The zero-order valence-corrected chi connectivity index (χ0v) is 15.6. The molecule has 1 fully saturated rings. The van der Waals surface area contributed by atoms with Gasteiger partial charge in [0.05, 0.1) is 9.81 Å². The fourth-order valence-corrected chi connectivity index (χ4v) is 3.21. The van der Waals surface area contributed by atoms with Crippen LogP contribution < -0.4 is 5.56 Å². The van der Waals surface area contributed by atoms with Crippen molar-refractivity contribution in [3.63, 3.8) is 0 Å². The quantitative estimate of drug-likeness (QED) is 0.664. The van der Waals surface area contributed by atoms with Crippen LogP contribution in [0.2, 0.25) is 0 Å². The summed E-state index contributed by atoms with van der Waals surface area (Å²) in [6.45, 7) is -16.9. The zero-order valence-electron chi connectivity index (χ0n) is 34.6. The maximum absolute atomic E-state index is 14.4. The highest BCUT2D eigenvalue weighted by Crippen LogP contribution is 2.32. The van der Waals surface area contributed by atoms with Gasteiger partial charge < -0.3 is 14.5 Å². The van der Waals surface area contributed by atoms with Gasteiger partial charge in [-0.15, -0.1) is 0 Å². The monoisotopic (exact) mass is 445 g/mol. The molecule has 0 bridgehead atoms. The van der Waals surface area contributed by atoms with Crippen LogP contribution in [0, 0.1) is 12.7 Å². The third-order valence-electron chi connectivity index (χ3n) is 4.68. The van der Waals surface area contributed by atoms with E-state index >= 15 is 0 Å². The first-order valence-corrected chi connectivity index (χ1v) is 9.09. The lowest BCUT2D eigenvalue weighted by Crippen LogP contribution is -2.37. The molecule has 0 amide bonds. The molecule has 0 aliphatic carbocycles. The molecule has 8 heteroatoms. The Balaban J connectivity index is 1.82. The van der Waals surface area contributed by atoms with Gasteiger partial charge in [0, 0.05) is 63.6 Å². The number of likely N-dealkylation sites (tertiary alicyclic amines) is 1. The predicted molar refractivity (Wildman–Crippen MR) is 114 cm³/mol. The molecule has 164 valence electrons. The SMILES string of the molecule is [2H]c1c(F)c([2H])c2onc(C3([2H])C([2H])([2H])C([2H])([2H])N(C([2H])([2H])C([2H])([2H])c4c(C([2H])([2H])[2H])nc5n(c4=O)CCCC5O)C([2H])([2H])C3([2H])[2H])c2c1[2H]. The predicted octanol–water partition coefficient (Wildman–Crippen LogP) is 3.08. The molecule has 0 saturated carbocycles. The van der Waals surface area contributed by atoms with Gasteiger partial charge in [-0.2, -0.15) is 0 Å². The van der Waals surface area contributed by atoms with Crippen molar-refractivity contribution in [1.82, 2.24) is 19.6 Å². The number of halogens is 1. The molecular weight excluding hydrogens is 399 g/mol. The van der Waals surface area contributed by atoms with E-state index in [9.17, 15) is 14.3 Å². The number of aromatic nitrogens is 3. The van der Waals surface area contributed by atoms with E-state index in [-0.39, 0.29) is 19.4 Å². The number of aryl methyl sites for hydroxylation is 1. The molecular formula is C23H27FN4O3. The van der Waals surface area contributed by atoms with Gasteiger partial charge in [-0.3, -0.25) is 9.36 Å². The highest BCUT2D eigenvalue weighted by atomic mass is 19.1. The summed E-state index contributed by atoms with van der Waals surface area (Å²) in [5, 5.41) is 12.7. The van der Waals surface area contributed by atoms with Crippen LogP contribution in [0.1, 0.15) is 86.4 Å². The van der Waals surface area contributed by atoms with Gasteiger partial charge in [-0.05, 0) is 63.9 Å². The molecule has 1 saturated heterocycles. The van der Waals surface area contributed by atoms with Crippen LogP contribution in [0.5, 0.6) is 0 Å². The van der Waals surface area contributed by atoms with E-state index in [1.165, 1.54) is 0 Å². The minimum absolute atomic E-state index is 0.0246. The number of hydrogen-bond donors (Lipinski definition) is 1. The Hall–Kier alpha value is -2.58. The van der Waals surface area contributed by atoms with Crippen LogP contribution in [0.25, 0.3) is 11.0 Å². The molecule has 3 aromatic rings. The molecule has 2 aliphatic heterocycles. The Labute approximate surface area is 206 Å². The number of fused-ring (bicyclic) bond motifs is 2. The van der Waals surface area contributed by atoms with Crippen molar-refractivity contribution in [2.24, 2.45) is 0 Å². The zero-order chi connectivity index (χ0) is 38.3. The van der Waals surface area contributed by atoms with E-state index in [2.05, 4.69) is 10.1 Å². The molecule has 31 heavy (non-hydrogen) atoms. The first-order valence-electron chi connectivity index (χ1n) is 18.6. The third-order valence-corrected chi connectivity index (χ3v) is 4.68. The number of aliphatic hydroxyl groups is 1. The highest BCUT2D eigenvalue weighted by Gasteiger charge is 2.26. The number of nitrogens with zero attached hydrogens (tertiary/aromatic N) is 4. The van der Waals surface area contributed by atoms with Gasteiger partial charge in [-0.1, -0.05) is 5.16 Å². The maximum Gasteiger partial charge on any atom is 0.257 e. The Morgan fingerprint density at radius 3 is 3.13 bits per heavy atom. The molecule has 7 nitrogen and oxygen atoms in total. The molecule has 0 spiro atoms. The first-order chi connectivity index (χ1) is 22.4. The van der Waals surface area contributed by atoms with Gasteiger partial charge in [0.15, 0.2) is 5.58 Å². The molecule has 0 radical (unpaired) electrons. The van der Waals surface area contributed by atoms with Gasteiger partial charge >= 0.3 is 0 Å². The fourth-order valence-electron chi connectivity index (χ4n) is 3.21. The molecule has 4 heterocycles. The second kappa shape index (κ2) is 8.16. The summed E-state index contributed by atoms with van der Waals surface area (Å²) in [6.07, 6.45) is -14.1. The van der Waals surface area contributed by atoms with Crippen molar-refractivity contribution < 1.29 is 40.1 Å². The highest BCUT2D eigenvalue weighted by molar-refractivity contribution is 5.79. The third kappa shape index (κ3) is 3.78. The molecule has 2 aliphatic rings. The first kappa shape index (κ1) is 8.08. The van der Waals surface area contributed by atoms with Crippen LogP contribution in [0.3, 0.4) is 0 Å². The van der Waals surface area contributed by atoms with Crippen molar-refractivity contribution in [3.05, 3.63) is 57.1 Å². The number of benzene rings is 1. The minimum Gasteiger partial charge on any atom is -0.385 e. The molecule has 1 unspecified atom stereocenters. The van der Waals surface area contributed by atoms with Crippen LogP contribution in [-0.4, -0.2) is 44.2 Å². The van der Waals surface area contributed by atoms with E-state index in [1.807, 2.05) is 0 Å². The van der Waals surface area contributed by atoms with E-state index < -0.39 is 126 Å². The van der Waals surface area contributed by atoms with Crippen molar-refractivity contribution in [3.8, 4) is 0 Å². The summed E-state index contributed by atoms with van der Waals surface area (Å²) in [5.74, 6) is -6.18. The van der Waals surface area contributed by atoms with Crippen molar-refractivity contribution in [2.75, 3.05) is 19.5 Å². The largest absolute Gasteiger partial charge is 0.385 e. The Kier molecular flexibility index (Phi) is 2.13. The second-order valence-corrected chi connectivity index (χ2v) is 6.65. The Morgan fingerprint density at radius 1 is 1.48 bits per heavy atom. The topological polar surface area (TPSA) is 84.4 Å². The van der Waals surface area contributed by atoms with Crippen LogP contribution >= 0.6 is 0 Å². The summed E-state index contributed by atoms with van der Waals surface area (Å²) in [7, 11) is 0. The average molecular weight is 446 g/mol. The molecule has 1 N–H and O–H groups in total. The molecule has 5 rings (SSSR count). The van der Waals surface area contributed by atoms with E-state index in [0.29, 0.717) is 4.57 Å². The summed E-state index contributed by atoms with van der Waals surface area (Å²) in [6, 6.07) is -3.77. The minimum atomic E-state index is -4.43. The lowest BCUT2D eigenvalue weighted by atomic mass is 9.91. The van der Waals surface area contributed by atoms with E-state index in [0.717, 1.165) is 0 Å². The van der Waals surface area contributed by atoms with Gasteiger partial charge in [-0.25, -0.2) is 9.37 Å². The Morgan fingerprint density at radius 2 is 2.32 bits per heavy atom. The van der Waals surface area contributed by atoms with Gasteiger partial charge in [0.2, 0.25) is 0 Å². The summed E-state index contributed by atoms with van der Waals surface area (Å²) >= 11 is 0. The fraction of sp³-hybridized carbons (Fsp3) is 0.522. The lowest BCUT2D eigenvalue weighted by Gasteiger charge is -2.31. The normalized spacial score (nSPS) is 38.1. The summed E-state index contributed by atoms with van der Waals surface area (Å²) in [4.78, 5) is 16.6. The summed E-state index contributed by atoms with van der Waals surface area (Å²) < 4.78 is 182. The van der Waals surface area contributed by atoms with E-state index in [4.69, 9.17) is 30.6 Å². The number of rotatable bonds is 4. The number of piperidine rings is 1. The second-order valence-electron chi connectivity index (χ2n) is 6.65.